The Hall–Kier alpha value is -2.95. The van der Waals surface area contributed by atoms with Crippen LogP contribution >= 0.6 is 0 Å². The molecule has 172 valence electrons. The van der Waals surface area contributed by atoms with Crippen LogP contribution in [0.15, 0.2) is 64.5 Å². The van der Waals surface area contributed by atoms with Crippen LogP contribution in [0.5, 0.6) is 5.75 Å². The third kappa shape index (κ3) is 5.09. The topological polar surface area (TPSA) is 135 Å². The van der Waals surface area contributed by atoms with E-state index in [1.165, 1.54) is 12.1 Å². The molecule has 0 spiro atoms. The molecule has 0 bridgehead atoms. The zero-order chi connectivity index (χ0) is 23.2. The molecule has 0 radical (unpaired) electrons. The van der Waals surface area contributed by atoms with E-state index in [0.29, 0.717) is 24.3 Å². The summed E-state index contributed by atoms with van der Waals surface area (Å²) in [6.07, 6.45) is -0.472. The van der Waals surface area contributed by atoms with E-state index in [4.69, 9.17) is 14.6 Å². The van der Waals surface area contributed by atoms with E-state index in [1.807, 2.05) is 0 Å². The molecule has 1 aliphatic heterocycles. The highest BCUT2D eigenvalue weighted by molar-refractivity contribution is 7.91. The smallest absolute Gasteiger partial charge is 0.275 e. The average molecular weight is 463 g/mol. The van der Waals surface area contributed by atoms with Crippen molar-refractivity contribution in [1.29, 1.82) is 0 Å². The van der Waals surface area contributed by atoms with Crippen molar-refractivity contribution in [2.75, 3.05) is 19.0 Å². The number of benzene rings is 2. The van der Waals surface area contributed by atoms with E-state index in [0.717, 1.165) is 0 Å². The number of ether oxygens (including phenoxy) is 2. The summed E-state index contributed by atoms with van der Waals surface area (Å²) in [4.78, 5) is 17.2. The van der Waals surface area contributed by atoms with Crippen molar-refractivity contribution in [1.82, 2.24) is 5.48 Å². The second kappa shape index (κ2) is 10.1. The van der Waals surface area contributed by atoms with E-state index in [-0.39, 0.29) is 29.6 Å². The number of nitrogens with zero attached hydrogens (tertiary/aromatic N) is 1. The van der Waals surface area contributed by atoms with Crippen LogP contribution in [0.3, 0.4) is 0 Å². The largest absolute Gasteiger partial charge is 0.494 e. The minimum absolute atomic E-state index is 0.0373. The van der Waals surface area contributed by atoms with Crippen LogP contribution in [0.1, 0.15) is 25.3 Å². The quantitative estimate of drug-likeness (QED) is 0.278. The molecule has 2 atom stereocenters. The van der Waals surface area contributed by atoms with E-state index < -0.39 is 27.4 Å². The van der Waals surface area contributed by atoms with E-state index in [1.54, 1.807) is 54.9 Å². The van der Waals surface area contributed by atoms with Gasteiger partial charge in [0.15, 0.2) is 15.4 Å². The second-order valence-electron chi connectivity index (χ2n) is 7.37. The van der Waals surface area contributed by atoms with Crippen molar-refractivity contribution in [3.63, 3.8) is 0 Å². The molecule has 2 aromatic rings. The second-order valence-corrected chi connectivity index (χ2v) is 9.48. The van der Waals surface area contributed by atoms with Gasteiger partial charge in [-0.05, 0) is 49.7 Å². The Balaban J connectivity index is 1.83. The van der Waals surface area contributed by atoms with Crippen molar-refractivity contribution in [2.24, 2.45) is 4.99 Å². The minimum Gasteiger partial charge on any atom is -0.494 e. The molecule has 0 unspecified atom stereocenters. The van der Waals surface area contributed by atoms with Gasteiger partial charge < -0.3 is 14.6 Å². The SMILES string of the molecule is C[C@@H]1OC(c2ccc(OCCCO)cc2)=N[C@]1(CCS(=O)(=O)c1ccccc1)C(=O)NO. The third-order valence-corrected chi connectivity index (χ3v) is 7.02. The summed E-state index contributed by atoms with van der Waals surface area (Å²) in [5.41, 5.74) is 0.568. The maximum absolute atomic E-state index is 12.7. The molecule has 0 saturated heterocycles. The van der Waals surface area contributed by atoms with Gasteiger partial charge in [0.2, 0.25) is 5.90 Å². The number of hydrogen-bond acceptors (Lipinski definition) is 8. The summed E-state index contributed by atoms with van der Waals surface area (Å²) < 4.78 is 36.8. The number of hydrogen-bond donors (Lipinski definition) is 3. The summed E-state index contributed by atoms with van der Waals surface area (Å²) in [5, 5.41) is 18.1. The van der Waals surface area contributed by atoms with Gasteiger partial charge in [-0.25, -0.2) is 18.9 Å². The minimum atomic E-state index is -3.67. The van der Waals surface area contributed by atoms with Gasteiger partial charge in [-0.15, -0.1) is 0 Å². The number of nitrogens with one attached hydrogen (secondary N) is 1. The fourth-order valence-corrected chi connectivity index (χ4v) is 4.77. The number of amides is 1. The van der Waals surface area contributed by atoms with Crippen LogP contribution in [-0.4, -0.2) is 61.1 Å². The van der Waals surface area contributed by atoms with Crippen molar-refractivity contribution < 1.29 is 33.0 Å². The highest BCUT2D eigenvalue weighted by atomic mass is 32.2. The maximum atomic E-state index is 12.7. The first-order valence-corrected chi connectivity index (χ1v) is 11.8. The van der Waals surface area contributed by atoms with Gasteiger partial charge in [0.25, 0.3) is 5.91 Å². The number of carbonyl (C=O) groups excluding carboxylic acids is 1. The van der Waals surface area contributed by atoms with Crippen LogP contribution in [-0.2, 0) is 19.4 Å². The Labute approximate surface area is 186 Å². The summed E-state index contributed by atoms with van der Waals surface area (Å²) in [6.45, 7) is 2.02. The van der Waals surface area contributed by atoms with Crippen LogP contribution in [0.25, 0.3) is 0 Å². The Kier molecular flexibility index (Phi) is 7.49. The molecule has 1 heterocycles. The molecular formula is C22H26N2O7S. The lowest BCUT2D eigenvalue weighted by molar-refractivity contribution is -0.137. The molecule has 10 heteroatoms. The highest BCUT2D eigenvalue weighted by Gasteiger charge is 2.50. The van der Waals surface area contributed by atoms with Crippen LogP contribution in [0.4, 0.5) is 0 Å². The molecule has 2 aromatic carbocycles. The molecule has 0 saturated carbocycles. The molecule has 9 nitrogen and oxygen atoms in total. The zero-order valence-corrected chi connectivity index (χ0v) is 18.4. The number of aliphatic hydroxyl groups excluding tert-OH is 1. The van der Waals surface area contributed by atoms with Gasteiger partial charge in [-0.2, -0.15) is 0 Å². The lowest BCUT2D eigenvalue weighted by Gasteiger charge is -2.26. The number of hydroxylamine groups is 1. The Bertz CT molecular complexity index is 1060. The molecular weight excluding hydrogens is 436 g/mol. The molecule has 0 aliphatic carbocycles. The molecule has 1 aliphatic rings. The van der Waals surface area contributed by atoms with Gasteiger partial charge in [-0.1, -0.05) is 18.2 Å². The Morgan fingerprint density at radius 1 is 1.19 bits per heavy atom. The predicted octanol–water partition coefficient (Wildman–Crippen LogP) is 1.72. The summed E-state index contributed by atoms with van der Waals surface area (Å²) >= 11 is 0. The molecule has 3 N–H and O–H groups in total. The van der Waals surface area contributed by atoms with Gasteiger partial charge in [0, 0.05) is 18.6 Å². The van der Waals surface area contributed by atoms with Gasteiger partial charge in [0.1, 0.15) is 11.9 Å². The summed E-state index contributed by atoms with van der Waals surface area (Å²) in [5.74, 6) is -0.429. The first-order valence-electron chi connectivity index (χ1n) is 10.2. The Morgan fingerprint density at radius 3 is 2.50 bits per heavy atom. The standard InChI is InChI=1S/C22H26N2O7S/c1-16-22(21(26)24-27,12-15-32(28,29)19-6-3-2-4-7-19)23-20(31-16)17-8-10-18(11-9-17)30-14-5-13-25/h2-4,6-11,16,25,27H,5,12-15H2,1H3,(H,24,26)/t16-,22-/m0/s1. The van der Waals surface area contributed by atoms with Crippen molar-refractivity contribution in [3.05, 3.63) is 60.2 Å². The molecule has 0 fully saturated rings. The van der Waals surface area contributed by atoms with Crippen molar-refractivity contribution >= 4 is 21.6 Å². The highest BCUT2D eigenvalue weighted by Crippen LogP contribution is 2.33. The zero-order valence-electron chi connectivity index (χ0n) is 17.6. The van der Waals surface area contributed by atoms with Crippen molar-refractivity contribution in [2.45, 2.75) is 36.3 Å². The fraction of sp³-hybridized carbons (Fsp3) is 0.364. The monoisotopic (exact) mass is 462 g/mol. The van der Waals surface area contributed by atoms with E-state index in [2.05, 4.69) is 4.99 Å². The van der Waals surface area contributed by atoms with E-state index >= 15 is 0 Å². The summed E-state index contributed by atoms with van der Waals surface area (Å²) in [6, 6.07) is 14.7. The third-order valence-electron chi connectivity index (χ3n) is 5.28. The number of aliphatic hydroxyl groups is 1. The molecule has 1 amide bonds. The van der Waals surface area contributed by atoms with Crippen LogP contribution < -0.4 is 10.2 Å². The predicted molar refractivity (Wildman–Crippen MR) is 116 cm³/mol. The Morgan fingerprint density at radius 2 is 1.88 bits per heavy atom. The van der Waals surface area contributed by atoms with Gasteiger partial charge in [-0.3, -0.25) is 10.0 Å². The average Bonchev–Trinajstić information content (AvgIpc) is 3.16. The van der Waals surface area contributed by atoms with Crippen molar-refractivity contribution in [3.8, 4) is 5.75 Å². The normalized spacial score (nSPS) is 20.3. The molecule has 32 heavy (non-hydrogen) atoms. The fourth-order valence-electron chi connectivity index (χ4n) is 3.38. The molecule has 3 rings (SSSR count). The number of carbonyl (C=O) groups is 1. The lowest BCUT2D eigenvalue weighted by Crippen LogP contribution is -2.51. The van der Waals surface area contributed by atoms with Gasteiger partial charge >= 0.3 is 0 Å². The first-order chi connectivity index (χ1) is 15.3. The maximum Gasteiger partial charge on any atom is 0.275 e. The van der Waals surface area contributed by atoms with Gasteiger partial charge in [0.05, 0.1) is 17.3 Å². The van der Waals surface area contributed by atoms with Crippen LogP contribution in [0.2, 0.25) is 0 Å². The molecule has 0 aromatic heterocycles. The number of aliphatic imine (C=N–C) groups is 1. The number of rotatable bonds is 10. The lowest BCUT2D eigenvalue weighted by atomic mass is 9.90. The first kappa shape index (κ1) is 23.7. The van der Waals surface area contributed by atoms with Crippen LogP contribution in [0, 0.1) is 0 Å². The van der Waals surface area contributed by atoms with E-state index in [9.17, 15) is 18.4 Å². The summed E-state index contributed by atoms with van der Waals surface area (Å²) in [7, 11) is -3.67. The number of sulfone groups is 1.